The summed E-state index contributed by atoms with van der Waals surface area (Å²) in [5, 5.41) is 2.86. The van der Waals surface area contributed by atoms with Gasteiger partial charge in [0.1, 0.15) is 5.82 Å². The molecule has 1 fully saturated rings. The summed E-state index contributed by atoms with van der Waals surface area (Å²) < 4.78 is 12.9. The molecular weight excluding hydrogens is 329 g/mol. The van der Waals surface area contributed by atoms with Crippen LogP contribution in [-0.4, -0.2) is 66.6 Å². The zero-order valence-electron chi connectivity index (χ0n) is 14.0. The number of nitrogens with zero attached hydrogens (tertiary/aromatic N) is 2. The van der Waals surface area contributed by atoms with Crippen molar-refractivity contribution in [3.8, 4) is 0 Å². The first-order valence-electron chi connectivity index (χ1n) is 8.23. The zero-order valence-corrected chi connectivity index (χ0v) is 14.8. The number of halogens is 1. The van der Waals surface area contributed by atoms with Crippen molar-refractivity contribution in [1.29, 1.82) is 0 Å². The van der Waals surface area contributed by atoms with E-state index in [1.165, 1.54) is 23.9 Å². The van der Waals surface area contributed by atoms with Crippen molar-refractivity contribution < 1.29 is 14.0 Å². The van der Waals surface area contributed by atoms with Gasteiger partial charge in [-0.05, 0) is 30.7 Å². The Hall–Kier alpha value is -1.60. The molecule has 0 saturated carbocycles. The highest BCUT2D eigenvalue weighted by Gasteiger charge is 2.22. The molecule has 0 aliphatic carbocycles. The zero-order chi connectivity index (χ0) is 17.4. The maximum Gasteiger partial charge on any atom is 0.234 e. The molecular formula is C17H24FN3O2S. The SMILES string of the molecule is CCCNC(=O)CN1CCN(C(=O)CSc2ccc(F)cc2)CC1. The third-order valence-corrected chi connectivity index (χ3v) is 4.84. The Kier molecular flexibility index (Phi) is 7.52. The fraction of sp³-hybridized carbons (Fsp3) is 0.529. The number of hydrogen-bond acceptors (Lipinski definition) is 4. The van der Waals surface area contributed by atoms with Crippen LogP contribution in [0.5, 0.6) is 0 Å². The minimum absolute atomic E-state index is 0.0449. The molecule has 1 saturated heterocycles. The molecule has 1 N–H and O–H groups in total. The molecule has 1 heterocycles. The molecule has 0 radical (unpaired) electrons. The van der Waals surface area contributed by atoms with Crippen molar-refractivity contribution in [2.75, 3.05) is 45.0 Å². The second-order valence-electron chi connectivity index (χ2n) is 5.75. The molecule has 1 aliphatic rings. The molecule has 0 spiro atoms. The van der Waals surface area contributed by atoms with Crippen LogP contribution in [0, 0.1) is 5.82 Å². The number of piperazine rings is 1. The van der Waals surface area contributed by atoms with Gasteiger partial charge in [-0.1, -0.05) is 6.92 Å². The predicted octanol–water partition coefficient (Wildman–Crippen LogP) is 1.59. The van der Waals surface area contributed by atoms with E-state index in [2.05, 4.69) is 10.2 Å². The summed E-state index contributed by atoms with van der Waals surface area (Å²) in [4.78, 5) is 28.7. The number of benzene rings is 1. The fourth-order valence-electron chi connectivity index (χ4n) is 2.45. The lowest BCUT2D eigenvalue weighted by Crippen LogP contribution is -2.51. The summed E-state index contributed by atoms with van der Waals surface area (Å²) in [6.45, 7) is 5.84. The first kappa shape index (κ1) is 18.7. The van der Waals surface area contributed by atoms with Gasteiger partial charge in [0.05, 0.1) is 12.3 Å². The Balaban J connectivity index is 1.68. The van der Waals surface area contributed by atoms with Crippen LogP contribution in [-0.2, 0) is 9.59 Å². The van der Waals surface area contributed by atoms with Gasteiger partial charge in [-0.3, -0.25) is 14.5 Å². The normalized spacial score (nSPS) is 15.3. The molecule has 1 aromatic carbocycles. The van der Waals surface area contributed by atoms with Crippen molar-refractivity contribution in [1.82, 2.24) is 15.1 Å². The van der Waals surface area contributed by atoms with E-state index in [1.807, 2.05) is 11.8 Å². The monoisotopic (exact) mass is 353 g/mol. The van der Waals surface area contributed by atoms with Gasteiger partial charge in [-0.2, -0.15) is 0 Å². The molecule has 0 atom stereocenters. The number of nitrogens with one attached hydrogen (secondary N) is 1. The fourth-order valence-corrected chi connectivity index (χ4v) is 3.25. The van der Waals surface area contributed by atoms with Gasteiger partial charge < -0.3 is 10.2 Å². The van der Waals surface area contributed by atoms with Crippen LogP contribution in [0.1, 0.15) is 13.3 Å². The van der Waals surface area contributed by atoms with Crippen molar-refractivity contribution in [2.45, 2.75) is 18.2 Å². The van der Waals surface area contributed by atoms with E-state index >= 15 is 0 Å². The van der Waals surface area contributed by atoms with E-state index in [1.54, 1.807) is 12.1 Å². The number of amides is 2. The Morgan fingerprint density at radius 1 is 1.17 bits per heavy atom. The van der Waals surface area contributed by atoms with Crippen LogP contribution in [0.4, 0.5) is 4.39 Å². The van der Waals surface area contributed by atoms with Crippen molar-refractivity contribution >= 4 is 23.6 Å². The number of thioether (sulfide) groups is 1. The molecule has 24 heavy (non-hydrogen) atoms. The van der Waals surface area contributed by atoms with E-state index < -0.39 is 0 Å². The molecule has 7 heteroatoms. The van der Waals surface area contributed by atoms with Gasteiger partial charge in [0.15, 0.2) is 0 Å². The summed E-state index contributed by atoms with van der Waals surface area (Å²) in [6, 6.07) is 6.16. The maximum atomic E-state index is 12.9. The van der Waals surface area contributed by atoms with Gasteiger partial charge in [0.2, 0.25) is 11.8 Å². The lowest BCUT2D eigenvalue weighted by Gasteiger charge is -2.34. The Labute approximate surface area is 146 Å². The van der Waals surface area contributed by atoms with Gasteiger partial charge in [-0.25, -0.2) is 4.39 Å². The van der Waals surface area contributed by atoms with Crippen molar-refractivity contribution in [3.63, 3.8) is 0 Å². The molecule has 2 rings (SSSR count). The third kappa shape index (κ3) is 6.13. The average Bonchev–Trinajstić information content (AvgIpc) is 2.60. The first-order chi connectivity index (χ1) is 11.6. The van der Waals surface area contributed by atoms with Crippen LogP contribution < -0.4 is 5.32 Å². The number of hydrogen-bond donors (Lipinski definition) is 1. The number of carbonyl (C=O) groups is 2. The van der Waals surface area contributed by atoms with E-state index in [4.69, 9.17) is 0 Å². The van der Waals surface area contributed by atoms with Gasteiger partial charge in [0, 0.05) is 37.6 Å². The largest absolute Gasteiger partial charge is 0.355 e. The molecule has 0 unspecified atom stereocenters. The minimum Gasteiger partial charge on any atom is -0.355 e. The highest BCUT2D eigenvalue weighted by atomic mass is 32.2. The standard InChI is InChI=1S/C17H24FN3O2S/c1-2-7-19-16(22)12-20-8-10-21(11-9-20)17(23)13-24-15-5-3-14(18)4-6-15/h3-6H,2,7-13H2,1H3,(H,19,22). The van der Waals surface area contributed by atoms with E-state index in [-0.39, 0.29) is 17.6 Å². The summed E-state index contributed by atoms with van der Waals surface area (Å²) in [5.41, 5.74) is 0. The molecule has 0 aromatic heterocycles. The molecule has 2 amide bonds. The number of carbonyl (C=O) groups excluding carboxylic acids is 2. The third-order valence-electron chi connectivity index (χ3n) is 3.84. The molecule has 5 nitrogen and oxygen atoms in total. The highest BCUT2D eigenvalue weighted by Crippen LogP contribution is 2.18. The smallest absolute Gasteiger partial charge is 0.234 e. The molecule has 0 bridgehead atoms. The van der Waals surface area contributed by atoms with Gasteiger partial charge in [-0.15, -0.1) is 11.8 Å². The van der Waals surface area contributed by atoms with Crippen LogP contribution in [0.2, 0.25) is 0 Å². The second-order valence-corrected chi connectivity index (χ2v) is 6.80. The lowest BCUT2D eigenvalue weighted by molar-refractivity contribution is -0.130. The first-order valence-corrected chi connectivity index (χ1v) is 9.22. The number of rotatable bonds is 7. The van der Waals surface area contributed by atoms with Gasteiger partial charge >= 0.3 is 0 Å². The van der Waals surface area contributed by atoms with Crippen LogP contribution in [0.15, 0.2) is 29.2 Å². The summed E-state index contributed by atoms with van der Waals surface area (Å²) in [7, 11) is 0. The Morgan fingerprint density at radius 2 is 1.83 bits per heavy atom. The molecule has 1 aromatic rings. The topological polar surface area (TPSA) is 52.7 Å². The average molecular weight is 353 g/mol. The molecule has 132 valence electrons. The summed E-state index contributed by atoms with van der Waals surface area (Å²) >= 11 is 1.42. The second kappa shape index (κ2) is 9.64. The Bertz CT molecular complexity index is 545. The predicted molar refractivity (Wildman–Crippen MR) is 93.4 cm³/mol. The highest BCUT2D eigenvalue weighted by molar-refractivity contribution is 8.00. The summed E-state index contributed by atoms with van der Waals surface area (Å²) in [6.07, 6.45) is 0.930. The lowest BCUT2D eigenvalue weighted by atomic mass is 10.3. The minimum atomic E-state index is -0.273. The van der Waals surface area contributed by atoms with Crippen LogP contribution in [0.3, 0.4) is 0 Å². The Morgan fingerprint density at radius 3 is 2.46 bits per heavy atom. The van der Waals surface area contributed by atoms with Gasteiger partial charge in [0.25, 0.3) is 0 Å². The quantitative estimate of drug-likeness (QED) is 0.757. The molecule has 1 aliphatic heterocycles. The van der Waals surface area contributed by atoms with E-state index in [9.17, 15) is 14.0 Å². The van der Waals surface area contributed by atoms with E-state index in [0.717, 1.165) is 11.3 Å². The van der Waals surface area contributed by atoms with Crippen molar-refractivity contribution in [2.24, 2.45) is 0 Å². The van der Waals surface area contributed by atoms with Crippen molar-refractivity contribution in [3.05, 3.63) is 30.1 Å². The summed E-state index contributed by atoms with van der Waals surface area (Å²) in [5.74, 6) is 0.204. The van der Waals surface area contributed by atoms with Crippen LogP contribution in [0.25, 0.3) is 0 Å². The van der Waals surface area contributed by atoms with E-state index in [0.29, 0.717) is 45.0 Å². The maximum absolute atomic E-state index is 12.9. The van der Waals surface area contributed by atoms with Crippen LogP contribution >= 0.6 is 11.8 Å².